The Morgan fingerprint density at radius 2 is 1.89 bits per heavy atom. The summed E-state index contributed by atoms with van der Waals surface area (Å²) in [7, 11) is 1.74. The van der Waals surface area contributed by atoms with Gasteiger partial charge < -0.3 is 15.4 Å². The summed E-state index contributed by atoms with van der Waals surface area (Å²) in [5.74, 6) is 0.983. The second kappa shape index (κ2) is 8.30. The first-order valence-corrected chi connectivity index (χ1v) is 10.1. The Bertz CT molecular complexity index is 793. The van der Waals surface area contributed by atoms with Crippen molar-refractivity contribution in [1.29, 1.82) is 0 Å². The maximum Gasteiger partial charge on any atom is 0.167 e. The van der Waals surface area contributed by atoms with Crippen molar-refractivity contribution in [2.24, 2.45) is 0 Å². The third kappa shape index (κ3) is 4.81. The van der Waals surface area contributed by atoms with Gasteiger partial charge in [-0.1, -0.05) is 57.2 Å². The van der Waals surface area contributed by atoms with Gasteiger partial charge in [0.25, 0.3) is 0 Å². The molecule has 4 heteroatoms. The summed E-state index contributed by atoms with van der Waals surface area (Å²) in [5, 5.41) is 7.55. The number of benzene rings is 2. The first-order chi connectivity index (χ1) is 12.9. The summed E-state index contributed by atoms with van der Waals surface area (Å²) in [6, 6.07) is 15.3. The summed E-state index contributed by atoms with van der Waals surface area (Å²) < 4.78 is 5.53. The smallest absolute Gasteiger partial charge is 0.167 e. The fourth-order valence-corrected chi connectivity index (χ4v) is 3.88. The fourth-order valence-electron chi connectivity index (χ4n) is 3.67. The lowest BCUT2D eigenvalue weighted by Gasteiger charge is -2.28. The highest BCUT2D eigenvalue weighted by Crippen LogP contribution is 2.35. The fraction of sp³-hybridized carbons (Fsp3) is 0.435. The zero-order chi connectivity index (χ0) is 19.4. The number of methoxy groups -OCH3 is 1. The Balaban J connectivity index is 1.59. The molecule has 0 saturated heterocycles. The van der Waals surface area contributed by atoms with E-state index < -0.39 is 0 Å². The van der Waals surface area contributed by atoms with Gasteiger partial charge in [0, 0.05) is 6.54 Å². The average Bonchev–Trinajstić information content (AvgIpc) is 2.66. The molecule has 0 bridgehead atoms. The van der Waals surface area contributed by atoms with E-state index in [4.69, 9.17) is 17.0 Å². The molecule has 1 atom stereocenters. The number of hydrogen-bond acceptors (Lipinski definition) is 2. The summed E-state index contributed by atoms with van der Waals surface area (Å²) in [5.41, 5.74) is 5.37. The van der Waals surface area contributed by atoms with Crippen LogP contribution in [0.4, 0.5) is 0 Å². The van der Waals surface area contributed by atoms with Crippen LogP contribution in [0.15, 0.2) is 42.5 Å². The van der Waals surface area contributed by atoms with Crippen molar-refractivity contribution in [3.05, 3.63) is 64.7 Å². The minimum absolute atomic E-state index is 0.179. The van der Waals surface area contributed by atoms with Crippen LogP contribution in [0.2, 0.25) is 0 Å². The maximum atomic E-state index is 5.56. The van der Waals surface area contributed by atoms with Crippen molar-refractivity contribution in [3.8, 4) is 5.75 Å². The van der Waals surface area contributed by atoms with Gasteiger partial charge >= 0.3 is 0 Å². The molecular weight excluding hydrogens is 352 g/mol. The first kappa shape index (κ1) is 19.7. The van der Waals surface area contributed by atoms with Crippen LogP contribution in [-0.2, 0) is 18.4 Å². The second-order valence-electron chi connectivity index (χ2n) is 8.25. The van der Waals surface area contributed by atoms with E-state index in [2.05, 4.69) is 67.8 Å². The standard InChI is InChI=1S/C23H30N2OS/c1-23(2,3)17-13-11-16(12-14-17)15-24-22(27)25-20-9-5-8-19-18(20)7-6-10-21(19)26-4/h6-7,10-14,20H,5,8-9,15H2,1-4H3,(H2,24,25,27). The van der Waals surface area contributed by atoms with Crippen LogP contribution < -0.4 is 15.4 Å². The monoisotopic (exact) mass is 382 g/mol. The normalized spacial score (nSPS) is 16.4. The molecule has 0 radical (unpaired) electrons. The van der Waals surface area contributed by atoms with Crippen LogP contribution in [0.3, 0.4) is 0 Å². The van der Waals surface area contributed by atoms with E-state index in [1.165, 1.54) is 22.3 Å². The molecule has 1 aliphatic rings. The van der Waals surface area contributed by atoms with E-state index in [9.17, 15) is 0 Å². The minimum atomic E-state index is 0.179. The number of nitrogens with one attached hydrogen (secondary N) is 2. The Morgan fingerprint density at radius 3 is 2.56 bits per heavy atom. The summed E-state index contributed by atoms with van der Waals surface area (Å²) in [6.07, 6.45) is 3.29. The number of rotatable bonds is 4. The van der Waals surface area contributed by atoms with Crippen LogP contribution in [0.5, 0.6) is 5.75 Å². The molecule has 2 aromatic carbocycles. The number of thiocarbonyl (C=S) groups is 1. The number of hydrogen-bond donors (Lipinski definition) is 2. The lowest BCUT2D eigenvalue weighted by Crippen LogP contribution is -2.38. The van der Waals surface area contributed by atoms with Crippen molar-refractivity contribution in [2.45, 2.75) is 58.0 Å². The van der Waals surface area contributed by atoms with E-state index in [1.54, 1.807) is 7.11 Å². The van der Waals surface area contributed by atoms with E-state index in [0.717, 1.165) is 31.6 Å². The van der Waals surface area contributed by atoms with Gasteiger partial charge in [0.1, 0.15) is 5.75 Å². The number of ether oxygens (including phenoxy) is 1. The van der Waals surface area contributed by atoms with Gasteiger partial charge in [0.05, 0.1) is 13.2 Å². The highest BCUT2D eigenvalue weighted by atomic mass is 32.1. The molecule has 1 aliphatic carbocycles. The van der Waals surface area contributed by atoms with Crippen molar-refractivity contribution < 1.29 is 4.74 Å². The third-order valence-electron chi connectivity index (χ3n) is 5.26. The van der Waals surface area contributed by atoms with Crippen molar-refractivity contribution in [3.63, 3.8) is 0 Å². The van der Waals surface area contributed by atoms with Gasteiger partial charge in [-0.3, -0.25) is 0 Å². The zero-order valence-electron chi connectivity index (χ0n) is 16.8. The molecule has 3 rings (SSSR count). The zero-order valence-corrected chi connectivity index (χ0v) is 17.6. The Kier molecular flexibility index (Phi) is 6.05. The second-order valence-corrected chi connectivity index (χ2v) is 8.66. The molecular formula is C23H30N2OS. The maximum absolute atomic E-state index is 5.56. The predicted molar refractivity (Wildman–Crippen MR) is 116 cm³/mol. The highest BCUT2D eigenvalue weighted by Gasteiger charge is 2.23. The molecule has 0 fully saturated rings. The lowest BCUT2D eigenvalue weighted by molar-refractivity contribution is 0.401. The molecule has 0 heterocycles. The van der Waals surface area contributed by atoms with Gasteiger partial charge in [-0.25, -0.2) is 0 Å². The summed E-state index contributed by atoms with van der Waals surface area (Å²) >= 11 is 5.56. The lowest BCUT2D eigenvalue weighted by atomic mass is 9.87. The molecule has 2 aromatic rings. The van der Waals surface area contributed by atoms with Gasteiger partial charge in [0.2, 0.25) is 0 Å². The van der Waals surface area contributed by atoms with Crippen molar-refractivity contribution in [1.82, 2.24) is 10.6 Å². The van der Waals surface area contributed by atoms with Crippen LogP contribution in [-0.4, -0.2) is 12.2 Å². The highest BCUT2D eigenvalue weighted by molar-refractivity contribution is 7.80. The molecule has 2 N–H and O–H groups in total. The molecule has 0 aromatic heterocycles. The number of fused-ring (bicyclic) bond motifs is 1. The van der Waals surface area contributed by atoms with Crippen molar-refractivity contribution in [2.75, 3.05) is 7.11 Å². The molecule has 0 saturated carbocycles. The molecule has 0 amide bonds. The quantitative estimate of drug-likeness (QED) is 0.726. The molecule has 0 aliphatic heterocycles. The van der Waals surface area contributed by atoms with Gasteiger partial charge in [-0.05, 0) is 65.2 Å². The van der Waals surface area contributed by atoms with Crippen molar-refractivity contribution >= 4 is 17.3 Å². The Labute approximate surface area is 168 Å². The van der Waals surface area contributed by atoms with Gasteiger partial charge in [-0.15, -0.1) is 0 Å². The first-order valence-electron chi connectivity index (χ1n) is 9.68. The SMILES string of the molecule is COc1cccc2c1CCCC2NC(=S)NCc1ccc(C(C)(C)C)cc1. The van der Waals surface area contributed by atoms with Gasteiger partial charge in [0.15, 0.2) is 5.11 Å². The predicted octanol–water partition coefficient (Wildman–Crippen LogP) is 5.03. The van der Waals surface area contributed by atoms with Gasteiger partial charge in [-0.2, -0.15) is 0 Å². The summed E-state index contributed by atoms with van der Waals surface area (Å²) in [4.78, 5) is 0. The van der Waals surface area contributed by atoms with E-state index in [1.807, 2.05) is 6.07 Å². The molecule has 1 unspecified atom stereocenters. The summed E-state index contributed by atoms with van der Waals surface area (Å²) in [6.45, 7) is 7.43. The third-order valence-corrected chi connectivity index (χ3v) is 5.52. The topological polar surface area (TPSA) is 33.3 Å². The van der Waals surface area contributed by atoms with Crippen LogP contribution in [0.1, 0.15) is 61.9 Å². The molecule has 144 valence electrons. The Morgan fingerprint density at radius 1 is 1.15 bits per heavy atom. The van der Waals surface area contributed by atoms with E-state index >= 15 is 0 Å². The van der Waals surface area contributed by atoms with E-state index in [0.29, 0.717) is 5.11 Å². The van der Waals surface area contributed by atoms with Crippen LogP contribution in [0, 0.1) is 0 Å². The molecule has 0 spiro atoms. The minimum Gasteiger partial charge on any atom is -0.496 e. The molecule has 3 nitrogen and oxygen atoms in total. The van der Waals surface area contributed by atoms with Crippen LogP contribution >= 0.6 is 12.2 Å². The molecule has 27 heavy (non-hydrogen) atoms. The van der Waals surface area contributed by atoms with Crippen LogP contribution in [0.25, 0.3) is 0 Å². The largest absolute Gasteiger partial charge is 0.496 e. The van der Waals surface area contributed by atoms with E-state index in [-0.39, 0.29) is 11.5 Å². The Hall–Kier alpha value is -2.07. The average molecular weight is 383 g/mol.